The lowest BCUT2D eigenvalue weighted by Gasteiger charge is -2.29. The number of β-amino-alcohol motifs (C(OH)–C–C–N with tert-alkyl or cyclic N) is 1. The van der Waals surface area contributed by atoms with Crippen LogP contribution in [0.2, 0.25) is 0 Å². The third kappa shape index (κ3) is 8.02. The molecule has 3 aliphatic rings. The maximum atomic E-state index is 14.2. The van der Waals surface area contributed by atoms with E-state index in [9.17, 15) is 19.8 Å². The Hall–Kier alpha value is -5.64. The first-order chi connectivity index (χ1) is 29.4. The summed E-state index contributed by atoms with van der Waals surface area (Å²) in [6.45, 7) is 13.3. The molecule has 0 bridgehead atoms. The highest BCUT2D eigenvalue weighted by atomic mass is 32.1. The van der Waals surface area contributed by atoms with Crippen LogP contribution in [0.4, 0.5) is 0 Å². The maximum absolute atomic E-state index is 14.2. The van der Waals surface area contributed by atoms with E-state index in [1.165, 1.54) is 10.5 Å². The zero-order valence-corrected chi connectivity index (χ0v) is 35.9. The quantitative estimate of drug-likeness (QED) is 0.0852. The van der Waals surface area contributed by atoms with Gasteiger partial charge in [0.05, 0.1) is 40.5 Å². The molecule has 0 radical (unpaired) electrons. The number of hydrogen-bond donors (Lipinski definition) is 4. The summed E-state index contributed by atoms with van der Waals surface area (Å²) in [6.07, 6.45) is 0.145. The summed E-state index contributed by atoms with van der Waals surface area (Å²) >= 11 is 1.59. The number of benzene rings is 2. The van der Waals surface area contributed by atoms with Crippen LogP contribution in [-0.2, 0) is 9.59 Å². The zero-order valence-electron chi connectivity index (χ0n) is 35.0. The van der Waals surface area contributed by atoms with E-state index in [1.54, 1.807) is 29.5 Å². The lowest BCUT2D eigenvalue weighted by Crippen LogP contribution is -2.48. The Bertz CT molecular complexity index is 2540. The fourth-order valence-corrected chi connectivity index (χ4v) is 10.5. The molecule has 2 aliphatic heterocycles. The van der Waals surface area contributed by atoms with Gasteiger partial charge >= 0.3 is 0 Å². The van der Waals surface area contributed by atoms with Crippen molar-refractivity contribution < 1.29 is 29.1 Å². The smallest absolute Gasteiger partial charge is 0.254 e. The topological polar surface area (TPSA) is 183 Å². The van der Waals surface area contributed by atoms with Gasteiger partial charge in [0.1, 0.15) is 17.7 Å². The molecule has 9 rings (SSSR count). The van der Waals surface area contributed by atoms with Crippen LogP contribution >= 0.6 is 11.3 Å². The number of amides is 2. The molecule has 6 heterocycles. The van der Waals surface area contributed by atoms with Crippen molar-refractivity contribution in [3.05, 3.63) is 94.4 Å². The number of ether oxygens (including phenoxy) is 1. The second-order valence-corrected chi connectivity index (χ2v) is 18.1. The first-order valence-electron chi connectivity index (χ1n) is 21.2. The number of phenols is 1. The SMILES string of the molecule is Cc1ncsc1-c1ccc([C@H](C)NC(=O)[C@@H]2C[C@@H](O)CN2C(=O)[C@@H](c2cc(OCCCN3C[C@@H]4[C@H](C3)[C@H]4c3c(C)[nH]c4nnc(-c5ccccc5O)cc34)no2)C(C)C)cc1. The van der Waals surface area contributed by atoms with Gasteiger partial charge in [0.25, 0.3) is 5.88 Å². The Morgan fingerprint density at radius 2 is 1.80 bits per heavy atom. The van der Waals surface area contributed by atoms with Crippen molar-refractivity contribution in [1.82, 2.24) is 40.4 Å². The summed E-state index contributed by atoms with van der Waals surface area (Å²) in [5.74, 6) is 1.03. The average Bonchev–Trinajstić information content (AvgIpc) is 3.92. The summed E-state index contributed by atoms with van der Waals surface area (Å²) in [5, 5.41) is 38.2. The number of phenolic OH excluding ortho intramolecular Hbond substituents is 1. The number of likely N-dealkylation sites (tertiary alicyclic amines) is 2. The fraction of sp³-hybridized carbons (Fsp3) is 0.435. The van der Waals surface area contributed by atoms with Gasteiger partial charge < -0.3 is 39.6 Å². The molecule has 1 saturated carbocycles. The molecule has 1 aliphatic carbocycles. The molecule has 3 fully saturated rings. The summed E-state index contributed by atoms with van der Waals surface area (Å²) < 4.78 is 11.7. The third-order valence-electron chi connectivity index (χ3n) is 12.8. The number of aromatic amines is 1. The summed E-state index contributed by atoms with van der Waals surface area (Å²) in [7, 11) is 0. The number of H-pyrrole nitrogens is 1. The van der Waals surface area contributed by atoms with Crippen molar-refractivity contribution in [2.75, 3.05) is 32.8 Å². The van der Waals surface area contributed by atoms with Crippen molar-refractivity contribution in [3.63, 3.8) is 0 Å². The number of aryl methyl sites for hydroxylation is 2. The van der Waals surface area contributed by atoms with Crippen LogP contribution in [0.25, 0.3) is 32.7 Å². The molecular formula is C46H52N8O6S. The zero-order chi connectivity index (χ0) is 42.5. The standard InChI is InChI=1S/C46H52N8O6S/c1-24(2)40(46(58)54-20-30(55)17-36(54)45(57)49-25(3)28-11-13-29(14-12-28)43-27(5)47-23-61-43)38-19-39(52-60-38)59-16-8-15-53-21-33-34(22-53)42(33)41-26(4)48-44-32(41)18-35(50-51-44)31-9-6-7-10-37(31)56/h6-7,9-14,18-19,23-25,30,33-34,36,40,42,55-56H,8,15-17,20-22H2,1-5H3,(H,48,51)(H,49,57)/t25-,30+,33-,34+,36-,40+,42+/m0/s1. The second-order valence-electron chi connectivity index (χ2n) is 17.3. The normalized spacial score (nSPS) is 22.1. The molecule has 61 heavy (non-hydrogen) atoms. The molecular weight excluding hydrogens is 793 g/mol. The lowest BCUT2D eigenvalue weighted by atomic mass is 9.91. The van der Waals surface area contributed by atoms with E-state index in [2.05, 4.69) is 48.5 Å². The third-order valence-corrected chi connectivity index (χ3v) is 13.8. The number of aromatic hydroxyl groups is 1. The largest absolute Gasteiger partial charge is 0.507 e. The lowest BCUT2D eigenvalue weighted by molar-refractivity contribution is -0.141. The number of carbonyl (C=O) groups is 2. The molecule has 14 nitrogen and oxygen atoms in total. The van der Waals surface area contributed by atoms with Gasteiger partial charge in [0.15, 0.2) is 11.4 Å². The van der Waals surface area contributed by atoms with E-state index in [1.807, 2.05) is 69.6 Å². The molecule has 4 aromatic heterocycles. The van der Waals surface area contributed by atoms with Gasteiger partial charge in [-0.05, 0) is 90.9 Å². The van der Waals surface area contributed by atoms with Crippen LogP contribution < -0.4 is 10.1 Å². The van der Waals surface area contributed by atoms with Crippen LogP contribution in [-0.4, -0.2) is 102 Å². The Morgan fingerprint density at radius 3 is 2.52 bits per heavy atom. The van der Waals surface area contributed by atoms with Crippen molar-refractivity contribution in [2.45, 2.75) is 77.5 Å². The van der Waals surface area contributed by atoms with Gasteiger partial charge in [0.2, 0.25) is 11.8 Å². The van der Waals surface area contributed by atoms with E-state index in [4.69, 9.17) is 9.26 Å². The first kappa shape index (κ1) is 40.7. The van der Waals surface area contributed by atoms with E-state index in [0.717, 1.165) is 64.5 Å². The molecule has 2 saturated heterocycles. The number of fused-ring (bicyclic) bond motifs is 2. The van der Waals surface area contributed by atoms with E-state index < -0.39 is 18.1 Å². The first-order valence-corrected chi connectivity index (χ1v) is 22.1. The van der Waals surface area contributed by atoms with Crippen molar-refractivity contribution in [1.29, 1.82) is 0 Å². The van der Waals surface area contributed by atoms with Crippen molar-refractivity contribution in [2.24, 2.45) is 17.8 Å². The van der Waals surface area contributed by atoms with Crippen LogP contribution in [0.1, 0.15) is 79.8 Å². The van der Waals surface area contributed by atoms with Crippen LogP contribution in [0.5, 0.6) is 11.6 Å². The molecule has 6 aromatic rings. The highest BCUT2D eigenvalue weighted by molar-refractivity contribution is 7.13. The van der Waals surface area contributed by atoms with Gasteiger partial charge in [-0.3, -0.25) is 9.59 Å². The minimum absolute atomic E-state index is 0.0600. The number of piperidine rings is 1. The number of carbonyl (C=O) groups excluding carboxylic acids is 2. The number of thiazole rings is 1. The summed E-state index contributed by atoms with van der Waals surface area (Å²) in [5.41, 5.74) is 9.37. The number of rotatable bonds is 14. The second kappa shape index (κ2) is 16.7. The molecule has 7 atom stereocenters. The molecule has 0 spiro atoms. The highest BCUT2D eigenvalue weighted by Crippen LogP contribution is 2.60. The fourth-order valence-electron chi connectivity index (χ4n) is 9.68. The van der Waals surface area contributed by atoms with Crippen LogP contribution in [0.15, 0.2) is 70.7 Å². The average molecular weight is 845 g/mol. The minimum atomic E-state index is -0.820. The summed E-state index contributed by atoms with van der Waals surface area (Å²) in [6, 6.07) is 17.9. The van der Waals surface area contributed by atoms with Crippen LogP contribution in [0.3, 0.4) is 0 Å². The monoisotopic (exact) mass is 844 g/mol. The number of hydrogen-bond acceptors (Lipinski definition) is 12. The Morgan fingerprint density at radius 1 is 1.03 bits per heavy atom. The number of nitrogens with one attached hydrogen (secondary N) is 2. The highest BCUT2D eigenvalue weighted by Gasteiger charge is 2.57. The molecule has 4 N–H and O–H groups in total. The number of para-hydroxylation sites is 1. The number of aliphatic hydroxyl groups is 1. The van der Waals surface area contributed by atoms with Gasteiger partial charge in [0, 0.05) is 55.3 Å². The number of aromatic nitrogens is 5. The minimum Gasteiger partial charge on any atom is -0.507 e. The van der Waals surface area contributed by atoms with E-state index >= 15 is 0 Å². The Labute approximate surface area is 358 Å². The van der Waals surface area contributed by atoms with Gasteiger partial charge in [-0.2, -0.15) is 0 Å². The maximum Gasteiger partial charge on any atom is 0.254 e. The van der Waals surface area contributed by atoms with Crippen molar-refractivity contribution in [3.8, 4) is 33.3 Å². The predicted octanol–water partition coefficient (Wildman–Crippen LogP) is 6.75. The molecule has 0 unspecified atom stereocenters. The molecule has 2 aromatic carbocycles. The van der Waals surface area contributed by atoms with E-state index in [0.29, 0.717) is 47.3 Å². The molecule has 2 amide bonds. The Balaban J connectivity index is 0.767. The number of aliphatic hydroxyl groups excluding tert-OH is 1. The molecule has 318 valence electrons. The number of nitrogens with zero attached hydrogens (tertiary/aromatic N) is 6. The van der Waals surface area contributed by atoms with E-state index in [-0.39, 0.29) is 42.5 Å². The van der Waals surface area contributed by atoms with Crippen LogP contribution in [0, 0.1) is 31.6 Å². The molecule has 15 heteroatoms. The Kier molecular flexibility index (Phi) is 11.1. The predicted molar refractivity (Wildman–Crippen MR) is 231 cm³/mol. The summed E-state index contributed by atoms with van der Waals surface area (Å²) in [4.78, 5) is 40.7. The van der Waals surface area contributed by atoms with Crippen molar-refractivity contribution >= 4 is 34.2 Å². The van der Waals surface area contributed by atoms with Gasteiger partial charge in [-0.15, -0.1) is 21.5 Å². The van der Waals surface area contributed by atoms with Gasteiger partial charge in [-0.1, -0.05) is 50.2 Å². The van der Waals surface area contributed by atoms with Gasteiger partial charge in [-0.25, -0.2) is 4.98 Å².